The van der Waals surface area contributed by atoms with Crippen molar-refractivity contribution in [2.45, 2.75) is 18.6 Å². The lowest BCUT2D eigenvalue weighted by Gasteiger charge is -2.38. The molecule has 1 atom stereocenters. The van der Waals surface area contributed by atoms with Crippen molar-refractivity contribution >= 4 is 17.6 Å². The lowest BCUT2D eigenvalue weighted by Crippen LogP contribution is -2.57. The molecule has 0 aromatic carbocycles. The Morgan fingerprint density at radius 2 is 2.25 bits per heavy atom. The molecule has 2 aliphatic rings. The van der Waals surface area contributed by atoms with Crippen molar-refractivity contribution in [3.05, 3.63) is 23.5 Å². The standard InChI is InChI=1S/C9H9ClF3N3/c1-5-4-7(10)15-8-14-6(9(11,12)13)2-3-16(5)8/h4,6H,1-3H2,(H,14,15)/t6-/m1/s1. The summed E-state index contributed by atoms with van der Waals surface area (Å²) in [6, 6.07) is -1.57. The highest BCUT2D eigenvalue weighted by Crippen LogP contribution is 2.28. The van der Waals surface area contributed by atoms with Crippen molar-refractivity contribution < 1.29 is 13.2 Å². The Balaban J connectivity index is 2.21. The van der Waals surface area contributed by atoms with Crippen LogP contribution in [0.4, 0.5) is 13.2 Å². The smallest absolute Gasteiger partial charge is 0.344 e. The molecule has 0 saturated carbocycles. The molecule has 3 nitrogen and oxygen atoms in total. The Morgan fingerprint density at radius 3 is 2.88 bits per heavy atom. The van der Waals surface area contributed by atoms with Gasteiger partial charge in [0.1, 0.15) is 11.2 Å². The second-order valence-electron chi connectivity index (χ2n) is 3.57. The number of allylic oxidation sites excluding steroid dienone is 1. The van der Waals surface area contributed by atoms with Gasteiger partial charge in [0.25, 0.3) is 0 Å². The van der Waals surface area contributed by atoms with Crippen LogP contribution in [0.15, 0.2) is 28.5 Å². The summed E-state index contributed by atoms with van der Waals surface area (Å²) in [5.41, 5.74) is 0.545. The van der Waals surface area contributed by atoms with Gasteiger partial charge in [0.05, 0.1) is 0 Å². The molecule has 0 radical (unpaired) electrons. The minimum Gasteiger partial charge on any atom is -0.344 e. The highest BCUT2D eigenvalue weighted by molar-refractivity contribution is 6.30. The zero-order chi connectivity index (χ0) is 11.9. The number of rotatable bonds is 0. The number of hydrogen-bond donors (Lipinski definition) is 1. The summed E-state index contributed by atoms with van der Waals surface area (Å²) >= 11 is 5.66. The summed E-state index contributed by atoms with van der Waals surface area (Å²) in [7, 11) is 0. The van der Waals surface area contributed by atoms with Gasteiger partial charge in [0.15, 0.2) is 0 Å². The van der Waals surface area contributed by atoms with Gasteiger partial charge >= 0.3 is 6.18 Å². The Labute approximate surface area is 95.3 Å². The molecule has 0 aliphatic carbocycles. The number of halogens is 4. The van der Waals surface area contributed by atoms with Gasteiger partial charge in [0, 0.05) is 12.2 Å². The molecule has 16 heavy (non-hydrogen) atoms. The summed E-state index contributed by atoms with van der Waals surface area (Å²) in [6.07, 6.45) is -2.79. The predicted octanol–water partition coefficient (Wildman–Crippen LogP) is 2.18. The van der Waals surface area contributed by atoms with E-state index in [1.807, 2.05) is 0 Å². The number of guanidine groups is 1. The van der Waals surface area contributed by atoms with E-state index < -0.39 is 12.2 Å². The first kappa shape index (κ1) is 11.3. The van der Waals surface area contributed by atoms with Crippen LogP contribution < -0.4 is 5.32 Å². The molecule has 2 heterocycles. The van der Waals surface area contributed by atoms with Crippen LogP contribution in [0.2, 0.25) is 0 Å². The van der Waals surface area contributed by atoms with Gasteiger partial charge in [-0.2, -0.15) is 13.2 Å². The maximum atomic E-state index is 12.5. The van der Waals surface area contributed by atoms with Crippen molar-refractivity contribution in [3.8, 4) is 0 Å². The van der Waals surface area contributed by atoms with Gasteiger partial charge in [-0.15, -0.1) is 0 Å². The topological polar surface area (TPSA) is 27.6 Å². The normalized spacial score (nSPS) is 25.6. The summed E-state index contributed by atoms with van der Waals surface area (Å²) < 4.78 is 37.5. The number of nitrogens with one attached hydrogen (secondary N) is 1. The molecule has 0 aromatic heterocycles. The van der Waals surface area contributed by atoms with Crippen molar-refractivity contribution in [2.24, 2.45) is 4.99 Å². The molecule has 1 saturated heterocycles. The number of nitrogens with zero attached hydrogens (tertiary/aromatic N) is 2. The molecule has 0 aromatic rings. The number of aliphatic imine (C=N–C) groups is 1. The highest BCUT2D eigenvalue weighted by Gasteiger charge is 2.43. The molecular formula is C9H9ClF3N3. The monoisotopic (exact) mass is 251 g/mol. The third-order valence-corrected chi connectivity index (χ3v) is 2.63. The fraction of sp³-hybridized carbons (Fsp3) is 0.444. The van der Waals surface area contributed by atoms with E-state index in [0.29, 0.717) is 5.70 Å². The molecule has 7 heteroatoms. The summed E-state index contributed by atoms with van der Waals surface area (Å²) in [6.45, 7) is 3.93. The first-order valence-electron chi connectivity index (χ1n) is 4.63. The first-order valence-corrected chi connectivity index (χ1v) is 5.01. The van der Waals surface area contributed by atoms with E-state index in [9.17, 15) is 13.2 Å². The summed E-state index contributed by atoms with van der Waals surface area (Å²) in [5.74, 6) is 0.117. The largest absolute Gasteiger partial charge is 0.408 e. The van der Waals surface area contributed by atoms with Crippen molar-refractivity contribution in [2.75, 3.05) is 6.54 Å². The van der Waals surface area contributed by atoms with Gasteiger partial charge in [-0.05, 0) is 12.5 Å². The highest BCUT2D eigenvalue weighted by atomic mass is 35.5. The Morgan fingerprint density at radius 1 is 1.56 bits per heavy atom. The van der Waals surface area contributed by atoms with E-state index >= 15 is 0 Å². The molecule has 88 valence electrons. The van der Waals surface area contributed by atoms with E-state index in [-0.39, 0.29) is 24.1 Å². The van der Waals surface area contributed by atoms with E-state index in [2.05, 4.69) is 16.9 Å². The van der Waals surface area contributed by atoms with Crippen LogP contribution in [-0.2, 0) is 0 Å². The molecule has 2 rings (SSSR count). The van der Waals surface area contributed by atoms with Crippen LogP contribution in [0.25, 0.3) is 0 Å². The molecule has 0 unspecified atom stereocenters. The second-order valence-corrected chi connectivity index (χ2v) is 3.96. The third-order valence-electron chi connectivity index (χ3n) is 2.44. The minimum atomic E-state index is -4.27. The van der Waals surface area contributed by atoms with E-state index in [4.69, 9.17) is 11.6 Å². The fourth-order valence-electron chi connectivity index (χ4n) is 1.64. The number of fused-ring (bicyclic) bond motifs is 1. The second kappa shape index (κ2) is 3.69. The van der Waals surface area contributed by atoms with Crippen LogP contribution in [0.1, 0.15) is 6.42 Å². The van der Waals surface area contributed by atoms with Gasteiger partial charge in [0.2, 0.25) is 5.96 Å². The van der Waals surface area contributed by atoms with E-state index in [0.717, 1.165) is 0 Å². The molecule has 0 amide bonds. The molecule has 0 bridgehead atoms. The predicted molar refractivity (Wildman–Crippen MR) is 54.8 cm³/mol. The van der Waals surface area contributed by atoms with Crippen molar-refractivity contribution in [1.82, 2.24) is 10.2 Å². The van der Waals surface area contributed by atoms with Gasteiger partial charge in [-0.3, -0.25) is 0 Å². The van der Waals surface area contributed by atoms with Crippen molar-refractivity contribution in [3.63, 3.8) is 0 Å². The molecule has 1 fully saturated rings. The Hall–Kier alpha value is -1.17. The lowest BCUT2D eigenvalue weighted by molar-refractivity contribution is -0.156. The quantitative estimate of drug-likeness (QED) is 0.668. The van der Waals surface area contributed by atoms with E-state index in [1.165, 1.54) is 6.08 Å². The van der Waals surface area contributed by atoms with Gasteiger partial charge in [-0.1, -0.05) is 18.2 Å². The van der Waals surface area contributed by atoms with E-state index in [1.54, 1.807) is 4.90 Å². The molecular weight excluding hydrogens is 243 g/mol. The number of hydrogen-bond acceptors (Lipinski definition) is 3. The molecule has 1 N–H and O–H groups in total. The average Bonchev–Trinajstić information content (AvgIpc) is 2.15. The van der Waals surface area contributed by atoms with Crippen LogP contribution in [0, 0.1) is 0 Å². The van der Waals surface area contributed by atoms with Crippen LogP contribution in [0.5, 0.6) is 0 Å². The maximum absolute atomic E-state index is 12.5. The summed E-state index contributed by atoms with van der Waals surface area (Å²) in [5, 5.41) is 2.45. The Bertz CT molecular complexity index is 386. The molecule has 0 spiro atoms. The maximum Gasteiger partial charge on any atom is 0.408 e. The summed E-state index contributed by atoms with van der Waals surface area (Å²) in [4.78, 5) is 5.39. The van der Waals surface area contributed by atoms with Crippen LogP contribution in [-0.4, -0.2) is 29.6 Å². The Kier molecular flexibility index (Phi) is 2.61. The zero-order valence-electron chi connectivity index (χ0n) is 8.18. The van der Waals surface area contributed by atoms with Crippen LogP contribution in [0.3, 0.4) is 0 Å². The molecule has 2 aliphatic heterocycles. The van der Waals surface area contributed by atoms with Gasteiger partial charge < -0.3 is 10.2 Å². The fourth-order valence-corrected chi connectivity index (χ4v) is 1.84. The number of alkyl halides is 3. The van der Waals surface area contributed by atoms with Crippen LogP contribution >= 0.6 is 11.6 Å². The third kappa shape index (κ3) is 2.02. The lowest BCUT2D eigenvalue weighted by atomic mass is 10.1. The SMILES string of the molecule is C=C1C=C(Cl)N=C2N[C@@H](C(F)(F)F)CCN12. The zero-order valence-corrected chi connectivity index (χ0v) is 8.94. The van der Waals surface area contributed by atoms with Gasteiger partial charge in [-0.25, -0.2) is 4.99 Å². The first-order chi connectivity index (χ1) is 7.38. The van der Waals surface area contributed by atoms with Crippen molar-refractivity contribution in [1.29, 1.82) is 0 Å². The average molecular weight is 252 g/mol. The minimum absolute atomic E-state index is 0.0347.